The lowest BCUT2D eigenvalue weighted by atomic mass is 9.89. The highest BCUT2D eigenvalue weighted by atomic mass is 16.5. The van der Waals surface area contributed by atoms with Gasteiger partial charge in [0.25, 0.3) is 0 Å². The number of fused-ring (bicyclic) bond motifs is 1. The summed E-state index contributed by atoms with van der Waals surface area (Å²) in [4.78, 5) is 11.5. The molecular weight excluding hydrogens is 164 g/mol. The molecule has 0 heterocycles. The highest BCUT2D eigenvalue weighted by molar-refractivity contribution is 5.87. The number of carbonyl (C=O) groups excluding carboxylic acids is 1. The van der Waals surface area contributed by atoms with Crippen LogP contribution >= 0.6 is 0 Å². The van der Waals surface area contributed by atoms with Gasteiger partial charge in [-0.1, -0.05) is 11.6 Å². The van der Waals surface area contributed by atoms with Gasteiger partial charge >= 0.3 is 0 Å². The summed E-state index contributed by atoms with van der Waals surface area (Å²) in [5, 5.41) is 0. The van der Waals surface area contributed by atoms with Crippen molar-refractivity contribution < 1.29 is 9.53 Å². The predicted octanol–water partition coefficient (Wildman–Crippen LogP) is 2.22. The predicted molar refractivity (Wildman–Crippen MR) is 50.1 cm³/mol. The van der Waals surface area contributed by atoms with Gasteiger partial charge in [0.1, 0.15) is 5.78 Å². The Kier molecular flexibility index (Phi) is 1.98. The quantitative estimate of drug-likeness (QED) is 0.615. The van der Waals surface area contributed by atoms with Crippen LogP contribution < -0.4 is 0 Å². The molecule has 1 fully saturated rings. The van der Waals surface area contributed by atoms with Crippen LogP contribution in [0.15, 0.2) is 23.0 Å². The zero-order valence-corrected chi connectivity index (χ0v) is 8.09. The summed E-state index contributed by atoms with van der Waals surface area (Å²) in [7, 11) is 1.68. The Morgan fingerprint density at radius 1 is 1.46 bits per heavy atom. The van der Waals surface area contributed by atoms with Gasteiger partial charge in [-0.15, -0.1) is 0 Å². The van der Waals surface area contributed by atoms with Crippen molar-refractivity contribution in [3.63, 3.8) is 0 Å². The molecule has 0 aliphatic heterocycles. The number of ketones is 1. The minimum absolute atomic E-state index is 0.138. The highest BCUT2D eigenvalue weighted by Crippen LogP contribution is 2.38. The molecule has 0 amide bonds. The summed E-state index contributed by atoms with van der Waals surface area (Å²) in [5.41, 5.74) is 2.49. The maximum Gasteiger partial charge on any atom is 0.140 e. The van der Waals surface area contributed by atoms with Crippen molar-refractivity contribution >= 4 is 5.78 Å². The SMILES string of the molecule is COC1=C(C)C=C2CCC(=O)C2C1. The average Bonchev–Trinajstić information content (AvgIpc) is 2.46. The monoisotopic (exact) mass is 178 g/mol. The Labute approximate surface area is 78.3 Å². The van der Waals surface area contributed by atoms with Gasteiger partial charge in [0.05, 0.1) is 12.9 Å². The second kappa shape index (κ2) is 3.02. The van der Waals surface area contributed by atoms with Crippen LogP contribution in [-0.4, -0.2) is 12.9 Å². The van der Waals surface area contributed by atoms with Crippen molar-refractivity contribution in [1.82, 2.24) is 0 Å². The van der Waals surface area contributed by atoms with Crippen molar-refractivity contribution in [2.45, 2.75) is 26.2 Å². The van der Waals surface area contributed by atoms with E-state index in [4.69, 9.17) is 4.74 Å². The van der Waals surface area contributed by atoms with Gasteiger partial charge in [-0.3, -0.25) is 4.79 Å². The standard InChI is InChI=1S/C11H14O2/c1-7-5-8-3-4-10(12)9(8)6-11(7)13-2/h5,9H,3-4,6H2,1-2H3. The van der Waals surface area contributed by atoms with Crippen LogP contribution in [0.2, 0.25) is 0 Å². The summed E-state index contributed by atoms with van der Waals surface area (Å²) in [5.74, 6) is 1.50. The fraction of sp³-hybridized carbons (Fsp3) is 0.545. The van der Waals surface area contributed by atoms with Crippen LogP contribution in [0.1, 0.15) is 26.2 Å². The van der Waals surface area contributed by atoms with E-state index in [-0.39, 0.29) is 5.92 Å². The third kappa shape index (κ3) is 1.30. The molecule has 0 N–H and O–H groups in total. The van der Waals surface area contributed by atoms with Gasteiger partial charge in [-0.05, 0) is 18.9 Å². The number of ether oxygens (including phenoxy) is 1. The average molecular weight is 178 g/mol. The van der Waals surface area contributed by atoms with Crippen LogP contribution in [0, 0.1) is 5.92 Å². The van der Waals surface area contributed by atoms with E-state index in [1.54, 1.807) is 7.11 Å². The summed E-state index contributed by atoms with van der Waals surface area (Å²) in [6.45, 7) is 2.05. The molecule has 0 radical (unpaired) electrons. The van der Waals surface area contributed by atoms with E-state index in [2.05, 4.69) is 6.08 Å². The second-order valence-corrected chi connectivity index (χ2v) is 3.75. The van der Waals surface area contributed by atoms with Crippen molar-refractivity contribution in [1.29, 1.82) is 0 Å². The molecule has 1 atom stereocenters. The van der Waals surface area contributed by atoms with Gasteiger partial charge in [0.15, 0.2) is 0 Å². The topological polar surface area (TPSA) is 26.3 Å². The Bertz CT molecular complexity index is 310. The molecule has 0 bridgehead atoms. The van der Waals surface area contributed by atoms with Crippen LogP contribution in [0.25, 0.3) is 0 Å². The second-order valence-electron chi connectivity index (χ2n) is 3.75. The molecule has 2 heteroatoms. The molecule has 0 aromatic carbocycles. The van der Waals surface area contributed by atoms with Crippen molar-refractivity contribution in [3.8, 4) is 0 Å². The number of carbonyl (C=O) groups is 1. The Hall–Kier alpha value is -1.05. The van der Waals surface area contributed by atoms with Crippen molar-refractivity contribution in [2.24, 2.45) is 5.92 Å². The molecule has 1 saturated carbocycles. The minimum atomic E-state index is 0.138. The largest absolute Gasteiger partial charge is 0.501 e. The van der Waals surface area contributed by atoms with E-state index in [0.29, 0.717) is 5.78 Å². The Morgan fingerprint density at radius 2 is 2.23 bits per heavy atom. The number of Topliss-reactive ketones (excluding diaryl/α,β-unsaturated/α-hetero) is 1. The van der Waals surface area contributed by atoms with Gasteiger partial charge in [0, 0.05) is 18.8 Å². The highest BCUT2D eigenvalue weighted by Gasteiger charge is 2.33. The van der Waals surface area contributed by atoms with Crippen LogP contribution in [0.3, 0.4) is 0 Å². The molecular formula is C11H14O2. The molecule has 13 heavy (non-hydrogen) atoms. The number of rotatable bonds is 1. The van der Waals surface area contributed by atoms with Crippen molar-refractivity contribution in [2.75, 3.05) is 7.11 Å². The van der Waals surface area contributed by atoms with Gasteiger partial charge in [-0.2, -0.15) is 0 Å². The van der Waals surface area contributed by atoms with E-state index in [1.165, 1.54) is 11.1 Å². The molecule has 2 rings (SSSR count). The first kappa shape index (κ1) is 8.54. The third-order valence-corrected chi connectivity index (χ3v) is 2.97. The Balaban J connectivity index is 2.31. The molecule has 70 valence electrons. The molecule has 2 nitrogen and oxygen atoms in total. The maximum atomic E-state index is 11.5. The number of methoxy groups -OCH3 is 1. The van der Waals surface area contributed by atoms with Crippen LogP contribution in [-0.2, 0) is 9.53 Å². The third-order valence-electron chi connectivity index (χ3n) is 2.97. The van der Waals surface area contributed by atoms with E-state index in [9.17, 15) is 4.79 Å². The number of hydrogen-bond acceptors (Lipinski definition) is 2. The first-order chi connectivity index (χ1) is 6.22. The van der Waals surface area contributed by atoms with Gasteiger partial charge < -0.3 is 4.74 Å². The lowest BCUT2D eigenvalue weighted by Gasteiger charge is -2.19. The molecule has 2 aliphatic carbocycles. The fourth-order valence-corrected chi connectivity index (χ4v) is 2.19. The fourth-order valence-electron chi connectivity index (χ4n) is 2.19. The number of allylic oxidation sites excluding steroid dienone is 4. The zero-order chi connectivity index (χ0) is 9.42. The minimum Gasteiger partial charge on any atom is -0.501 e. The van der Waals surface area contributed by atoms with E-state index in [1.807, 2.05) is 6.92 Å². The molecule has 1 unspecified atom stereocenters. The normalized spacial score (nSPS) is 27.4. The van der Waals surface area contributed by atoms with Gasteiger partial charge in [-0.25, -0.2) is 0 Å². The van der Waals surface area contributed by atoms with Crippen molar-refractivity contribution in [3.05, 3.63) is 23.0 Å². The maximum absolute atomic E-state index is 11.5. The van der Waals surface area contributed by atoms with E-state index < -0.39 is 0 Å². The summed E-state index contributed by atoms with van der Waals surface area (Å²) < 4.78 is 5.24. The summed E-state index contributed by atoms with van der Waals surface area (Å²) in [6.07, 6.45) is 4.59. The number of hydrogen-bond donors (Lipinski definition) is 0. The smallest absolute Gasteiger partial charge is 0.140 e. The van der Waals surface area contributed by atoms with E-state index in [0.717, 1.165) is 25.0 Å². The molecule has 0 saturated heterocycles. The molecule has 2 aliphatic rings. The van der Waals surface area contributed by atoms with Gasteiger partial charge in [0.2, 0.25) is 0 Å². The molecule has 0 spiro atoms. The van der Waals surface area contributed by atoms with E-state index >= 15 is 0 Å². The Morgan fingerprint density at radius 3 is 2.92 bits per heavy atom. The first-order valence-corrected chi connectivity index (χ1v) is 4.69. The lowest BCUT2D eigenvalue weighted by molar-refractivity contribution is -0.120. The van der Waals surface area contributed by atoms with Crippen LogP contribution in [0.4, 0.5) is 0 Å². The lowest BCUT2D eigenvalue weighted by Crippen LogP contribution is -2.13. The summed E-state index contributed by atoms with van der Waals surface area (Å²) >= 11 is 0. The molecule has 0 aromatic heterocycles. The van der Waals surface area contributed by atoms with Crippen LogP contribution in [0.5, 0.6) is 0 Å². The first-order valence-electron chi connectivity index (χ1n) is 4.69. The molecule has 0 aromatic rings. The zero-order valence-electron chi connectivity index (χ0n) is 8.09. The summed E-state index contributed by atoms with van der Waals surface area (Å²) in [6, 6.07) is 0.